The average Bonchev–Trinajstić information content (AvgIpc) is 2.43. The third-order valence-corrected chi connectivity index (χ3v) is 2.44. The molecular weight excluding hydrogens is 178 g/mol. The van der Waals surface area contributed by atoms with Crippen LogP contribution in [0.25, 0.3) is 0 Å². The first kappa shape index (κ1) is 8.94. The van der Waals surface area contributed by atoms with Gasteiger partial charge in [0.15, 0.2) is 5.78 Å². The van der Waals surface area contributed by atoms with E-state index in [0.29, 0.717) is 5.56 Å². The Bertz CT molecular complexity index is 423. The van der Waals surface area contributed by atoms with Crippen molar-refractivity contribution in [2.75, 3.05) is 0 Å². The van der Waals surface area contributed by atoms with Crippen LogP contribution in [0.1, 0.15) is 34.5 Å². The molecule has 1 atom stereocenters. The van der Waals surface area contributed by atoms with Crippen LogP contribution in [0.4, 0.5) is 0 Å². The lowest BCUT2D eigenvalue weighted by Gasteiger charge is -2.06. The van der Waals surface area contributed by atoms with Crippen LogP contribution in [0.2, 0.25) is 0 Å². The Morgan fingerprint density at radius 3 is 2.79 bits per heavy atom. The predicted octanol–water partition coefficient (Wildman–Crippen LogP) is 1.37. The van der Waals surface area contributed by atoms with Crippen LogP contribution in [0, 0.1) is 6.92 Å². The van der Waals surface area contributed by atoms with Gasteiger partial charge in [-0.05, 0) is 25.5 Å². The average molecular weight is 189 g/mol. The smallest absolute Gasteiger partial charge is 0.252 e. The third kappa shape index (κ3) is 1.21. The molecule has 1 aromatic rings. The monoisotopic (exact) mass is 189 g/mol. The van der Waals surface area contributed by atoms with Crippen molar-refractivity contribution in [3.63, 3.8) is 0 Å². The maximum atomic E-state index is 11.4. The lowest BCUT2D eigenvalue weighted by Crippen LogP contribution is -2.24. The lowest BCUT2D eigenvalue weighted by atomic mass is 10.0. The van der Waals surface area contributed by atoms with Crippen molar-refractivity contribution in [1.82, 2.24) is 5.32 Å². The van der Waals surface area contributed by atoms with E-state index in [1.807, 2.05) is 19.1 Å². The molecule has 1 N–H and O–H groups in total. The zero-order valence-electron chi connectivity index (χ0n) is 8.13. The summed E-state index contributed by atoms with van der Waals surface area (Å²) < 4.78 is 0. The predicted molar refractivity (Wildman–Crippen MR) is 52.1 cm³/mol. The number of Topliss-reactive ketones (excluding diaryl/α,β-unsaturated/α-hetero) is 1. The zero-order valence-corrected chi connectivity index (χ0v) is 8.13. The van der Waals surface area contributed by atoms with E-state index in [-0.39, 0.29) is 11.7 Å². The molecule has 0 bridgehead atoms. The van der Waals surface area contributed by atoms with Crippen molar-refractivity contribution in [3.05, 3.63) is 34.9 Å². The summed E-state index contributed by atoms with van der Waals surface area (Å²) in [6.45, 7) is 3.43. The van der Waals surface area contributed by atoms with Gasteiger partial charge in [-0.2, -0.15) is 0 Å². The molecule has 1 aliphatic heterocycles. The number of aryl methyl sites for hydroxylation is 1. The largest absolute Gasteiger partial charge is 0.338 e. The van der Waals surface area contributed by atoms with Crippen molar-refractivity contribution in [1.29, 1.82) is 0 Å². The molecular formula is C11H11NO2. The number of hydrogen-bond donors (Lipinski definition) is 1. The Balaban J connectivity index is 2.56. The maximum absolute atomic E-state index is 11.4. The van der Waals surface area contributed by atoms with Gasteiger partial charge in [-0.1, -0.05) is 17.7 Å². The molecule has 0 spiro atoms. The maximum Gasteiger partial charge on any atom is 0.252 e. The van der Waals surface area contributed by atoms with Crippen molar-refractivity contribution in [2.24, 2.45) is 0 Å². The SMILES string of the molecule is CC(=O)C1NC(=O)c2ccc(C)cc21. The number of amides is 1. The van der Waals surface area contributed by atoms with E-state index in [1.54, 1.807) is 6.07 Å². The minimum atomic E-state index is -0.447. The highest BCUT2D eigenvalue weighted by Crippen LogP contribution is 2.26. The first-order chi connectivity index (χ1) is 6.59. The minimum Gasteiger partial charge on any atom is -0.338 e. The number of benzene rings is 1. The van der Waals surface area contributed by atoms with Crippen molar-refractivity contribution >= 4 is 11.7 Å². The summed E-state index contributed by atoms with van der Waals surface area (Å²) in [4.78, 5) is 22.7. The molecule has 0 saturated carbocycles. The fraction of sp³-hybridized carbons (Fsp3) is 0.273. The molecule has 1 aromatic carbocycles. The Labute approximate surface area is 82.1 Å². The van der Waals surface area contributed by atoms with E-state index in [1.165, 1.54) is 6.92 Å². The van der Waals surface area contributed by atoms with Gasteiger partial charge < -0.3 is 5.32 Å². The van der Waals surface area contributed by atoms with E-state index in [0.717, 1.165) is 11.1 Å². The van der Waals surface area contributed by atoms with Crippen LogP contribution >= 0.6 is 0 Å². The summed E-state index contributed by atoms with van der Waals surface area (Å²) in [5.74, 6) is -0.178. The minimum absolute atomic E-state index is 0.0253. The summed E-state index contributed by atoms with van der Waals surface area (Å²) in [5, 5.41) is 2.66. The summed E-state index contributed by atoms with van der Waals surface area (Å²) >= 11 is 0. The second-order valence-corrected chi connectivity index (χ2v) is 3.61. The first-order valence-electron chi connectivity index (χ1n) is 4.51. The van der Waals surface area contributed by atoms with Gasteiger partial charge >= 0.3 is 0 Å². The van der Waals surface area contributed by atoms with Gasteiger partial charge in [0.25, 0.3) is 5.91 Å². The molecule has 3 heteroatoms. The molecule has 1 heterocycles. The topological polar surface area (TPSA) is 46.2 Å². The second kappa shape index (κ2) is 2.94. The molecule has 72 valence electrons. The van der Waals surface area contributed by atoms with Gasteiger partial charge in [0.1, 0.15) is 6.04 Å². The van der Waals surface area contributed by atoms with Gasteiger partial charge in [-0.3, -0.25) is 9.59 Å². The van der Waals surface area contributed by atoms with E-state index >= 15 is 0 Å². The molecule has 0 fully saturated rings. The van der Waals surface area contributed by atoms with Crippen molar-refractivity contribution < 1.29 is 9.59 Å². The highest BCUT2D eigenvalue weighted by Gasteiger charge is 2.30. The van der Waals surface area contributed by atoms with E-state index < -0.39 is 6.04 Å². The van der Waals surface area contributed by atoms with Crippen LogP contribution in [0.15, 0.2) is 18.2 Å². The van der Waals surface area contributed by atoms with Gasteiger partial charge in [-0.25, -0.2) is 0 Å². The van der Waals surface area contributed by atoms with Crippen molar-refractivity contribution in [3.8, 4) is 0 Å². The summed E-state index contributed by atoms with van der Waals surface area (Å²) in [5.41, 5.74) is 2.49. The van der Waals surface area contributed by atoms with Crippen LogP contribution in [-0.2, 0) is 4.79 Å². The van der Waals surface area contributed by atoms with Crippen molar-refractivity contribution in [2.45, 2.75) is 19.9 Å². The number of nitrogens with one attached hydrogen (secondary N) is 1. The molecule has 0 radical (unpaired) electrons. The Hall–Kier alpha value is -1.64. The quantitative estimate of drug-likeness (QED) is 0.725. The standard InChI is InChI=1S/C11H11NO2/c1-6-3-4-8-9(5-6)10(7(2)13)12-11(8)14/h3-5,10H,1-2H3,(H,12,14). The van der Waals surface area contributed by atoms with Gasteiger partial charge in [0.05, 0.1) is 0 Å². The Kier molecular flexibility index (Phi) is 1.88. The van der Waals surface area contributed by atoms with Crippen LogP contribution < -0.4 is 5.32 Å². The lowest BCUT2D eigenvalue weighted by molar-refractivity contribution is -0.118. The van der Waals surface area contributed by atoms with Gasteiger partial charge in [0.2, 0.25) is 0 Å². The van der Waals surface area contributed by atoms with Gasteiger partial charge in [0, 0.05) is 5.56 Å². The normalized spacial score (nSPS) is 19.0. The molecule has 14 heavy (non-hydrogen) atoms. The molecule has 0 aromatic heterocycles. The number of rotatable bonds is 1. The number of ketones is 1. The summed E-state index contributed by atoms with van der Waals surface area (Å²) in [7, 11) is 0. The third-order valence-electron chi connectivity index (χ3n) is 2.44. The molecule has 3 nitrogen and oxygen atoms in total. The molecule has 1 unspecified atom stereocenters. The molecule has 2 rings (SSSR count). The summed E-state index contributed by atoms with van der Waals surface area (Å²) in [6.07, 6.45) is 0. The molecule has 0 saturated heterocycles. The second-order valence-electron chi connectivity index (χ2n) is 3.61. The fourth-order valence-corrected chi connectivity index (χ4v) is 1.73. The molecule has 1 aliphatic rings. The molecule has 1 amide bonds. The van der Waals surface area contributed by atoms with Crippen LogP contribution in [0.5, 0.6) is 0 Å². The first-order valence-corrected chi connectivity index (χ1v) is 4.51. The van der Waals surface area contributed by atoms with E-state index in [9.17, 15) is 9.59 Å². The van der Waals surface area contributed by atoms with E-state index in [4.69, 9.17) is 0 Å². The molecule has 0 aliphatic carbocycles. The summed E-state index contributed by atoms with van der Waals surface area (Å²) in [6, 6.07) is 5.08. The number of fused-ring (bicyclic) bond motifs is 1. The zero-order chi connectivity index (χ0) is 10.3. The van der Waals surface area contributed by atoms with Crippen LogP contribution in [-0.4, -0.2) is 11.7 Å². The Morgan fingerprint density at radius 2 is 2.14 bits per heavy atom. The fourth-order valence-electron chi connectivity index (χ4n) is 1.73. The number of carbonyl (C=O) groups is 2. The number of carbonyl (C=O) groups excluding carboxylic acids is 2. The number of hydrogen-bond acceptors (Lipinski definition) is 2. The van der Waals surface area contributed by atoms with E-state index in [2.05, 4.69) is 5.32 Å². The highest BCUT2D eigenvalue weighted by atomic mass is 16.2. The van der Waals surface area contributed by atoms with Gasteiger partial charge in [-0.15, -0.1) is 0 Å². The Morgan fingerprint density at radius 1 is 1.43 bits per heavy atom. The highest BCUT2D eigenvalue weighted by molar-refractivity contribution is 6.04. The van der Waals surface area contributed by atoms with Crippen LogP contribution in [0.3, 0.4) is 0 Å².